The van der Waals surface area contributed by atoms with Crippen LogP contribution in [0.15, 0.2) is 27.6 Å². The average molecular weight is 234 g/mol. The molecule has 6 nitrogen and oxygen atoms in total. The summed E-state index contributed by atoms with van der Waals surface area (Å²) >= 11 is 0. The van der Waals surface area contributed by atoms with Crippen LogP contribution in [0.2, 0.25) is 0 Å². The SMILES string of the molecule is COC(=O)C=Cc1cnc2c(c1)oc(=O)n2C. The van der Waals surface area contributed by atoms with Crippen molar-refractivity contribution in [3.8, 4) is 0 Å². The number of nitrogens with zero attached hydrogens (tertiary/aromatic N) is 2. The monoisotopic (exact) mass is 234 g/mol. The summed E-state index contributed by atoms with van der Waals surface area (Å²) in [5.41, 5.74) is 1.49. The molecule has 0 fully saturated rings. The Morgan fingerprint density at radius 3 is 3.06 bits per heavy atom. The van der Waals surface area contributed by atoms with Crippen LogP contribution in [0.4, 0.5) is 0 Å². The fourth-order valence-electron chi connectivity index (χ4n) is 1.35. The van der Waals surface area contributed by atoms with Gasteiger partial charge in [-0.15, -0.1) is 0 Å². The molecule has 0 aliphatic rings. The number of pyridine rings is 1. The van der Waals surface area contributed by atoms with Gasteiger partial charge in [0.1, 0.15) is 0 Å². The van der Waals surface area contributed by atoms with Gasteiger partial charge in [-0.25, -0.2) is 14.6 Å². The van der Waals surface area contributed by atoms with Crippen LogP contribution in [0.3, 0.4) is 0 Å². The molecule has 0 spiro atoms. The first kappa shape index (κ1) is 11.1. The molecule has 2 heterocycles. The van der Waals surface area contributed by atoms with E-state index in [0.717, 1.165) is 0 Å². The minimum atomic E-state index is -0.471. The van der Waals surface area contributed by atoms with Crippen molar-refractivity contribution < 1.29 is 13.9 Å². The molecule has 0 radical (unpaired) electrons. The van der Waals surface area contributed by atoms with E-state index >= 15 is 0 Å². The minimum Gasteiger partial charge on any atom is -0.466 e. The zero-order chi connectivity index (χ0) is 12.4. The highest BCUT2D eigenvalue weighted by Gasteiger charge is 2.06. The number of esters is 1. The van der Waals surface area contributed by atoms with Gasteiger partial charge in [0.05, 0.1) is 7.11 Å². The molecule has 2 rings (SSSR count). The molecule has 0 saturated carbocycles. The standard InChI is InChI=1S/C11H10N2O4/c1-13-10-8(17-11(13)15)5-7(6-12-10)3-4-9(14)16-2/h3-6H,1-2H3. The number of aryl methyl sites for hydroxylation is 1. The fraction of sp³-hybridized carbons (Fsp3) is 0.182. The summed E-state index contributed by atoms with van der Waals surface area (Å²) in [6.45, 7) is 0. The molecular weight excluding hydrogens is 224 g/mol. The van der Waals surface area contributed by atoms with Crippen LogP contribution >= 0.6 is 0 Å². The first-order valence-corrected chi connectivity index (χ1v) is 4.83. The Kier molecular flexibility index (Phi) is 2.78. The van der Waals surface area contributed by atoms with Crippen LogP contribution in [0.1, 0.15) is 5.56 Å². The highest BCUT2D eigenvalue weighted by molar-refractivity contribution is 5.87. The number of fused-ring (bicyclic) bond motifs is 1. The number of rotatable bonds is 2. The van der Waals surface area contributed by atoms with Gasteiger partial charge in [-0.1, -0.05) is 0 Å². The second-order valence-corrected chi connectivity index (χ2v) is 3.37. The van der Waals surface area contributed by atoms with E-state index in [-0.39, 0.29) is 0 Å². The average Bonchev–Trinajstić information content (AvgIpc) is 2.62. The number of oxazole rings is 1. The highest BCUT2D eigenvalue weighted by atomic mass is 16.5. The van der Waals surface area contributed by atoms with Gasteiger partial charge in [-0.2, -0.15) is 0 Å². The molecule has 0 bridgehead atoms. The van der Waals surface area contributed by atoms with Crippen molar-refractivity contribution in [3.63, 3.8) is 0 Å². The minimum absolute atomic E-state index is 0.379. The first-order chi connectivity index (χ1) is 8.11. The molecule has 17 heavy (non-hydrogen) atoms. The lowest BCUT2D eigenvalue weighted by atomic mass is 10.2. The Morgan fingerprint density at radius 2 is 2.35 bits per heavy atom. The van der Waals surface area contributed by atoms with E-state index in [2.05, 4.69) is 9.72 Å². The molecule has 88 valence electrons. The molecule has 0 amide bonds. The molecule has 0 aliphatic carbocycles. The lowest BCUT2D eigenvalue weighted by Crippen LogP contribution is -2.08. The zero-order valence-corrected chi connectivity index (χ0v) is 9.34. The molecule has 0 aliphatic heterocycles. The van der Waals surface area contributed by atoms with Crippen LogP contribution in [0, 0.1) is 0 Å². The van der Waals surface area contributed by atoms with Crippen molar-refractivity contribution in [2.45, 2.75) is 0 Å². The number of ether oxygens (including phenoxy) is 1. The van der Waals surface area contributed by atoms with Crippen LogP contribution in [0.5, 0.6) is 0 Å². The Bertz CT molecular complexity index is 651. The van der Waals surface area contributed by atoms with Gasteiger partial charge in [-0.05, 0) is 17.7 Å². The van der Waals surface area contributed by atoms with Gasteiger partial charge in [-0.3, -0.25) is 4.57 Å². The zero-order valence-electron chi connectivity index (χ0n) is 9.34. The summed E-state index contributed by atoms with van der Waals surface area (Å²) < 4.78 is 10.7. The van der Waals surface area contributed by atoms with Crippen LogP contribution in [-0.4, -0.2) is 22.6 Å². The van der Waals surface area contributed by atoms with E-state index in [9.17, 15) is 9.59 Å². The van der Waals surface area contributed by atoms with Gasteiger partial charge in [0, 0.05) is 19.3 Å². The Balaban J connectivity index is 2.42. The molecular formula is C11H10N2O4. The van der Waals surface area contributed by atoms with E-state index in [1.165, 1.54) is 30.0 Å². The maximum absolute atomic E-state index is 11.2. The van der Waals surface area contributed by atoms with E-state index in [1.807, 2.05) is 0 Å². The molecule has 0 aromatic carbocycles. The number of aromatic nitrogens is 2. The van der Waals surface area contributed by atoms with E-state index in [1.54, 1.807) is 13.1 Å². The highest BCUT2D eigenvalue weighted by Crippen LogP contribution is 2.12. The van der Waals surface area contributed by atoms with Gasteiger partial charge in [0.25, 0.3) is 0 Å². The lowest BCUT2D eigenvalue weighted by Gasteiger charge is -1.93. The van der Waals surface area contributed by atoms with Crippen LogP contribution < -0.4 is 5.76 Å². The van der Waals surface area contributed by atoms with E-state index in [0.29, 0.717) is 16.8 Å². The van der Waals surface area contributed by atoms with Crippen molar-refractivity contribution in [1.82, 2.24) is 9.55 Å². The molecule has 2 aromatic heterocycles. The fourth-order valence-corrected chi connectivity index (χ4v) is 1.35. The van der Waals surface area contributed by atoms with Crippen molar-refractivity contribution >= 4 is 23.3 Å². The molecule has 0 saturated heterocycles. The van der Waals surface area contributed by atoms with Gasteiger partial charge in [0.2, 0.25) is 0 Å². The Morgan fingerprint density at radius 1 is 1.59 bits per heavy atom. The van der Waals surface area contributed by atoms with Crippen molar-refractivity contribution in [3.05, 3.63) is 34.5 Å². The van der Waals surface area contributed by atoms with Gasteiger partial charge in [0.15, 0.2) is 11.2 Å². The maximum atomic E-state index is 11.2. The summed E-state index contributed by atoms with van der Waals surface area (Å²) in [6, 6.07) is 1.63. The van der Waals surface area contributed by atoms with Gasteiger partial charge >= 0.3 is 11.7 Å². The first-order valence-electron chi connectivity index (χ1n) is 4.83. The van der Waals surface area contributed by atoms with E-state index < -0.39 is 11.7 Å². The van der Waals surface area contributed by atoms with Gasteiger partial charge < -0.3 is 9.15 Å². The molecule has 0 N–H and O–H groups in total. The Hall–Kier alpha value is -2.37. The number of methoxy groups -OCH3 is 1. The van der Waals surface area contributed by atoms with Crippen LogP contribution in [0.25, 0.3) is 17.3 Å². The maximum Gasteiger partial charge on any atom is 0.420 e. The molecule has 6 heteroatoms. The number of carbonyl (C=O) groups excluding carboxylic acids is 1. The topological polar surface area (TPSA) is 74.3 Å². The lowest BCUT2D eigenvalue weighted by molar-refractivity contribution is -0.134. The quantitative estimate of drug-likeness (QED) is 0.565. The largest absolute Gasteiger partial charge is 0.466 e. The predicted octanol–water partition coefficient (Wildman–Crippen LogP) is 0.713. The summed E-state index contributed by atoms with van der Waals surface area (Å²) in [7, 11) is 2.87. The smallest absolute Gasteiger partial charge is 0.420 e. The summed E-state index contributed by atoms with van der Waals surface area (Å²) in [4.78, 5) is 26.2. The third-order valence-electron chi connectivity index (χ3n) is 2.26. The van der Waals surface area contributed by atoms with Crippen molar-refractivity contribution in [2.75, 3.05) is 7.11 Å². The van der Waals surface area contributed by atoms with Crippen molar-refractivity contribution in [1.29, 1.82) is 0 Å². The molecule has 2 aromatic rings. The summed E-state index contributed by atoms with van der Waals surface area (Å²) in [5, 5.41) is 0. The molecule has 0 unspecified atom stereocenters. The van der Waals surface area contributed by atoms with Crippen molar-refractivity contribution in [2.24, 2.45) is 7.05 Å². The number of hydrogen-bond donors (Lipinski definition) is 0. The van der Waals surface area contributed by atoms with E-state index in [4.69, 9.17) is 4.42 Å². The summed E-state index contributed by atoms with van der Waals surface area (Å²) in [6.07, 6.45) is 4.34. The predicted molar refractivity (Wildman–Crippen MR) is 60.3 cm³/mol. The molecule has 0 atom stereocenters. The normalized spacial score (nSPS) is 11.2. The number of carbonyl (C=O) groups is 1. The second kappa shape index (κ2) is 4.25. The number of hydrogen-bond acceptors (Lipinski definition) is 5. The third-order valence-corrected chi connectivity index (χ3v) is 2.26. The third kappa shape index (κ3) is 2.10. The second-order valence-electron chi connectivity index (χ2n) is 3.37. The summed E-state index contributed by atoms with van der Waals surface area (Å²) in [5.74, 6) is -0.929. The Labute approximate surface area is 96.1 Å². The van der Waals surface area contributed by atoms with Crippen LogP contribution in [-0.2, 0) is 16.6 Å².